The summed E-state index contributed by atoms with van der Waals surface area (Å²) in [5.41, 5.74) is 4.80. The Labute approximate surface area is 205 Å². The van der Waals surface area contributed by atoms with E-state index in [0.29, 0.717) is 17.3 Å². The molecule has 1 atom stereocenters. The summed E-state index contributed by atoms with van der Waals surface area (Å²) in [6, 6.07) is 14.0. The number of hydrogen-bond donors (Lipinski definition) is 0. The molecule has 34 heavy (non-hydrogen) atoms. The zero-order valence-electron chi connectivity index (χ0n) is 20.4. The van der Waals surface area contributed by atoms with Gasteiger partial charge < -0.3 is 14.4 Å². The van der Waals surface area contributed by atoms with E-state index in [1.54, 1.807) is 11.8 Å². The molecule has 0 saturated carbocycles. The number of carbonyl (C=O) groups is 2. The number of amides is 1. The Morgan fingerprint density at radius 1 is 1.09 bits per heavy atom. The first kappa shape index (κ1) is 24.0. The van der Waals surface area contributed by atoms with E-state index in [9.17, 15) is 9.59 Å². The van der Waals surface area contributed by atoms with Gasteiger partial charge in [-0.2, -0.15) is 0 Å². The molecule has 0 spiro atoms. The number of hydrogen-bond acceptors (Lipinski definition) is 6. The zero-order chi connectivity index (χ0) is 24.4. The Balaban J connectivity index is 1.48. The van der Waals surface area contributed by atoms with Crippen molar-refractivity contribution in [3.63, 3.8) is 0 Å². The molecular formula is C26H31N5O2S. The lowest BCUT2D eigenvalue weighted by molar-refractivity contribution is -0.116. The number of Topliss-reactive ketones (excluding diaryl/α,β-unsaturated/α-hetero) is 1. The van der Waals surface area contributed by atoms with Gasteiger partial charge in [0.2, 0.25) is 5.91 Å². The highest BCUT2D eigenvalue weighted by Crippen LogP contribution is 2.32. The molecule has 0 bridgehead atoms. The molecule has 0 N–H and O–H groups in total. The third-order valence-electron chi connectivity index (χ3n) is 6.38. The molecule has 1 aromatic heterocycles. The van der Waals surface area contributed by atoms with Gasteiger partial charge in [-0.05, 0) is 75.2 Å². The second-order valence-electron chi connectivity index (χ2n) is 8.47. The van der Waals surface area contributed by atoms with Crippen molar-refractivity contribution in [3.05, 3.63) is 53.6 Å². The van der Waals surface area contributed by atoms with Crippen LogP contribution in [0.25, 0.3) is 11.4 Å². The van der Waals surface area contributed by atoms with Crippen LogP contribution in [-0.2, 0) is 18.3 Å². The third-order valence-corrected chi connectivity index (χ3v) is 7.51. The number of ketones is 1. The fourth-order valence-corrected chi connectivity index (χ4v) is 5.30. The number of nitrogens with zero attached hydrogens (tertiary/aromatic N) is 5. The zero-order valence-corrected chi connectivity index (χ0v) is 21.2. The van der Waals surface area contributed by atoms with Crippen LogP contribution in [0.4, 0.5) is 11.4 Å². The summed E-state index contributed by atoms with van der Waals surface area (Å²) in [5.74, 6) is 0.847. The second-order valence-corrected chi connectivity index (χ2v) is 9.78. The van der Waals surface area contributed by atoms with Crippen molar-refractivity contribution in [2.45, 2.75) is 44.5 Å². The summed E-state index contributed by atoms with van der Waals surface area (Å²) in [7, 11) is 1.93. The van der Waals surface area contributed by atoms with Crippen LogP contribution in [0.1, 0.15) is 43.6 Å². The number of anilines is 2. The fraction of sp³-hybridized carbons (Fsp3) is 0.385. The van der Waals surface area contributed by atoms with Gasteiger partial charge in [0.1, 0.15) is 0 Å². The van der Waals surface area contributed by atoms with Crippen LogP contribution in [0.15, 0.2) is 47.6 Å². The van der Waals surface area contributed by atoms with Gasteiger partial charge in [0.15, 0.2) is 16.8 Å². The van der Waals surface area contributed by atoms with Gasteiger partial charge in [-0.1, -0.05) is 11.8 Å². The van der Waals surface area contributed by atoms with Gasteiger partial charge in [0, 0.05) is 56.1 Å². The molecule has 4 rings (SSSR count). The highest BCUT2D eigenvalue weighted by Gasteiger charge is 2.25. The first-order chi connectivity index (χ1) is 16.3. The maximum atomic E-state index is 13.1. The van der Waals surface area contributed by atoms with E-state index in [2.05, 4.69) is 53.2 Å². The van der Waals surface area contributed by atoms with Crippen molar-refractivity contribution in [3.8, 4) is 11.4 Å². The first-order valence-electron chi connectivity index (χ1n) is 11.7. The Morgan fingerprint density at radius 2 is 1.79 bits per heavy atom. The van der Waals surface area contributed by atoms with Gasteiger partial charge >= 0.3 is 0 Å². The summed E-state index contributed by atoms with van der Waals surface area (Å²) in [4.78, 5) is 29.0. The van der Waals surface area contributed by atoms with Crippen LogP contribution in [0.2, 0.25) is 0 Å². The minimum Gasteiger partial charge on any atom is -0.372 e. The molecule has 0 radical (unpaired) electrons. The molecule has 1 aliphatic heterocycles. The Hall–Kier alpha value is -3.13. The number of fused-ring (bicyclic) bond motifs is 1. The standard InChI is InChI=1S/C26H31N5O2S/c1-6-30(7-2)22-11-8-19(9-12-22)25-27-28-26(29(25)5)34-17(3)24(33)21-10-13-23-20(16-21)14-15-31(23)18(4)32/h8-13,16-17H,6-7,14-15H2,1-5H3. The van der Waals surface area contributed by atoms with Gasteiger partial charge in [-0.25, -0.2) is 0 Å². The Kier molecular flexibility index (Phi) is 7.07. The number of thioether (sulfide) groups is 1. The van der Waals surface area contributed by atoms with Gasteiger partial charge in [-0.15, -0.1) is 10.2 Å². The highest BCUT2D eigenvalue weighted by atomic mass is 32.2. The normalized spacial score (nSPS) is 13.6. The minimum absolute atomic E-state index is 0.0301. The van der Waals surface area contributed by atoms with Gasteiger partial charge in [0.25, 0.3) is 0 Å². The summed E-state index contributed by atoms with van der Waals surface area (Å²) in [6.45, 7) is 10.4. The lowest BCUT2D eigenvalue weighted by Gasteiger charge is -2.21. The number of carbonyl (C=O) groups excluding carboxylic acids is 2. The maximum absolute atomic E-state index is 13.1. The van der Waals surface area contributed by atoms with Crippen molar-refractivity contribution in [1.29, 1.82) is 0 Å². The number of aromatic nitrogens is 3. The lowest BCUT2D eigenvalue weighted by Crippen LogP contribution is -2.25. The van der Waals surface area contributed by atoms with Crippen molar-refractivity contribution >= 4 is 34.8 Å². The average molecular weight is 478 g/mol. The Morgan fingerprint density at radius 3 is 2.44 bits per heavy atom. The number of benzene rings is 2. The molecular weight excluding hydrogens is 446 g/mol. The summed E-state index contributed by atoms with van der Waals surface area (Å²) in [5, 5.41) is 9.13. The highest BCUT2D eigenvalue weighted by molar-refractivity contribution is 8.00. The van der Waals surface area contributed by atoms with Gasteiger partial charge in [-0.3, -0.25) is 9.59 Å². The molecule has 7 nitrogen and oxygen atoms in total. The lowest BCUT2D eigenvalue weighted by atomic mass is 10.0. The smallest absolute Gasteiger partial charge is 0.223 e. The molecule has 0 fully saturated rings. The summed E-state index contributed by atoms with van der Waals surface area (Å²) >= 11 is 1.41. The van der Waals surface area contributed by atoms with E-state index < -0.39 is 0 Å². The molecule has 0 aliphatic carbocycles. The molecule has 8 heteroatoms. The molecule has 178 valence electrons. The first-order valence-corrected chi connectivity index (χ1v) is 12.6. The van der Waals surface area contributed by atoms with Crippen LogP contribution in [0.3, 0.4) is 0 Å². The maximum Gasteiger partial charge on any atom is 0.223 e. The monoisotopic (exact) mass is 477 g/mol. The van der Waals surface area contributed by atoms with E-state index in [0.717, 1.165) is 42.1 Å². The summed E-state index contributed by atoms with van der Waals surface area (Å²) in [6.07, 6.45) is 0.775. The molecule has 2 heterocycles. The Bertz CT molecular complexity index is 1200. The van der Waals surface area contributed by atoms with Crippen molar-refractivity contribution in [2.24, 2.45) is 7.05 Å². The van der Waals surface area contributed by atoms with E-state index in [4.69, 9.17) is 0 Å². The topological polar surface area (TPSA) is 71.3 Å². The average Bonchev–Trinajstić information content (AvgIpc) is 3.43. The SMILES string of the molecule is CCN(CC)c1ccc(-c2nnc(SC(C)C(=O)c3ccc4c(c3)CCN4C(C)=O)n2C)cc1. The van der Waals surface area contributed by atoms with Crippen LogP contribution in [0, 0.1) is 0 Å². The number of rotatable bonds is 8. The van der Waals surface area contributed by atoms with Crippen LogP contribution in [0.5, 0.6) is 0 Å². The van der Waals surface area contributed by atoms with E-state index in [-0.39, 0.29) is 16.9 Å². The minimum atomic E-state index is -0.316. The predicted octanol–water partition coefficient (Wildman–Crippen LogP) is 4.60. The van der Waals surface area contributed by atoms with E-state index in [1.165, 1.54) is 17.4 Å². The third kappa shape index (κ3) is 4.59. The molecule has 1 aliphatic rings. The van der Waals surface area contributed by atoms with E-state index >= 15 is 0 Å². The summed E-state index contributed by atoms with van der Waals surface area (Å²) < 4.78 is 1.94. The van der Waals surface area contributed by atoms with Crippen molar-refractivity contribution < 1.29 is 9.59 Å². The second kappa shape index (κ2) is 10.0. The molecule has 3 aromatic rings. The molecule has 1 amide bonds. The van der Waals surface area contributed by atoms with E-state index in [1.807, 2.05) is 36.7 Å². The van der Waals surface area contributed by atoms with Crippen molar-refractivity contribution in [1.82, 2.24) is 14.8 Å². The van der Waals surface area contributed by atoms with Crippen LogP contribution >= 0.6 is 11.8 Å². The quantitative estimate of drug-likeness (QED) is 0.349. The van der Waals surface area contributed by atoms with Crippen LogP contribution in [-0.4, -0.2) is 51.3 Å². The predicted molar refractivity (Wildman–Crippen MR) is 138 cm³/mol. The molecule has 1 unspecified atom stereocenters. The molecule has 0 saturated heterocycles. The fourth-order valence-electron chi connectivity index (χ4n) is 4.41. The van der Waals surface area contributed by atoms with Crippen LogP contribution < -0.4 is 9.80 Å². The largest absolute Gasteiger partial charge is 0.372 e. The molecule has 2 aromatic carbocycles. The van der Waals surface area contributed by atoms with Gasteiger partial charge in [0.05, 0.1) is 5.25 Å². The van der Waals surface area contributed by atoms with Crippen molar-refractivity contribution in [2.75, 3.05) is 29.4 Å².